The second-order valence-corrected chi connectivity index (χ2v) is 9.09. The summed E-state index contributed by atoms with van der Waals surface area (Å²) in [7, 11) is 0. The van der Waals surface area contributed by atoms with Gasteiger partial charge in [0.05, 0.1) is 11.4 Å². The SMILES string of the molecule is C=C\C=C/C=C(N)/C(N)=N/C(=C\C=C)c1cncc(-c2ccc(CN3CCN(C(C)C)CC3)cc2)c1. The van der Waals surface area contributed by atoms with Crippen molar-refractivity contribution in [3.63, 3.8) is 0 Å². The molecule has 0 atom stereocenters. The summed E-state index contributed by atoms with van der Waals surface area (Å²) in [6.45, 7) is 17.4. The zero-order valence-electron chi connectivity index (χ0n) is 21.5. The number of piperazine rings is 1. The first-order chi connectivity index (χ1) is 17.4. The Morgan fingerprint density at radius 3 is 2.33 bits per heavy atom. The Balaban J connectivity index is 1.74. The van der Waals surface area contributed by atoms with Gasteiger partial charge in [0.1, 0.15) is 5.84 Å². The van der Waals surface area contributed by atoms with Crippen LogP contribution in [0.2, 0.25) is 0 Å². The largest absolute Gasteiger partial charge is 0.396 e. The van der Waals surface area contributed by atoms with Crippen molar-refractivity contribution in [1.29, 1.82) is 0 Å². The van der Waals surface area contributed by atoms with Crippen molar-refractivity contribution < 1.29 is 0 Å². The molecule has 0 radical (unpaired) electrons. The summed E-state index contributed by atoms with van der Waals surface area (Å²) < 4.78 is 0. The smallest absolute Gasteiger partial charge is 0.147 e. The summed E-state index contributed by atoms with van der Waals surface area (Å²) in [5.74, 6) is 0.223. The predicted octanol–water partition coefficient (Wildman–Crippen LogP) is 4.74. The van der Waals surface area contributed by atoms with Crippen LogP contribution < -0.4 is 11.5 Å². The number of allylic oxidation sites excluding steroid dienone is 6. The topological polar surface area (TPSA) is 83.8 Å². The van der Waals surface area contributed by atoms with Crippen LogP contribution in [0.4, 0.5) is 0 Å². The number of pyridine rings is 1. The van der Waals surface area contributed by atoms with Crippen LogP contribution in [0.5, 0.6) is 0 Å². The summed E-state index contributed by atoms with van der Waals surface area (Å²) in [6.07, 6.45) is 14.0. The van der Waals surface area contributed by atoms with Crippen LogP contribution in [0.25, 0.3) is 16.8 Å². The van der Waals surface area contributed by atoms with Crippen molar-refractivity contribution in [3.8, 4) is 11.1 Å². The first-order valence-electron chi connectivity index (χ1n) is 12.3. The van der Waals surface area contributed by atoms with Gasteiger partial charge in [-0.15, -0.1) is 0 Å². The van der Waals surface area contributed by atoms with Crippen LogP contribution >= 0.6 is 0 Å². The lowest BCUT2D eigenvalue weighted by Crippen LogP contribution is -2.48. The summed E-state index contributed by atoms with van der Waals surface area (Å²) in [5, 5.41) is 0. The van der Waals surface area contributed by atoms with Gasteiger partial charge >= 0.3 is 0 Å². The van der Waals surface area contributed by atoms with Gasteiger partial charge in [0.15, 0.2) is 0 Å². The molecule has 0 bridgehead atoms. The van der Waals surface area contributed by atoms with Gasteiger partial charge in [-0.25, -0.2) is 4.99 Å². The van der Waals surface area contributed by atoms with Crippen molar-refractivity contribution >= 4 is 11.5 Å². The van der Waals surface area contributed by atoms with Gasteiger partial charge < -0.3 is 11.5 Å². The molecule has 6 heteroatoms. The molecule has 0 unspecified atom stereocenters. The number of hydrogen-bond acceptors (Lipinski definition) is 5. The molecule has 2 aromatic rings. The second-order valence-electron chi connectivity index (χ2n) is 9.09. The molecule has 4 N–H and O–H groups in total. The maximum absolute atomic E-state index is 6.13. The van der Waals surface area contributed by atoms with E-state index in [9.17, 15) is 0 Å². The highest BCUT2D eigenvalue weighted by Crippen LogP contribution is 2.25. The number of rotatable bonds is 10. The lowest BCUT2D eigenvalue weighted by Gasteiger charge is -2.36. The van der Waals surface area contributed by atoms with Gasteiger partial charge in [-0.05, 0) is 43.2 Å². The normalized spacial score (nSPS) is 16.6. The van der Waals surface area contributed by atoms with E-state index in [4.69, 9.17) is 11.5 Å². The average molecular weight is 483 g/mol. The van der Waals surface area contributed by atoms with E-state index in [-0.39, 0.29) is 5.84 Å². The Morgan fingerprint density at radius 1 is 0.972 bits per heavy atom. The summed E-state index contributed by atoms with van der Waals surface area (Å²) in [5.41, 5.74) is 17.4. The van der Waals surface area contributed by atoms with Crippen LogP contribution in [-0.2, 0) is 6.54 Å². The predicted molar refractivity (Wildman–Crippen MR) is 153 cm³/mol. The second kappa shape index (κ2) is 13.4. The molecular formula is C30H38N6. The zero-order chi connectivity index (χ0) is 25.9. The van der Waals surface area contributed by atoms with Crippen LogP contribution in [0, 0.1) is 0 Å². The highest BCUT2D eigenvalue weighted by molar-refractivity contribution is 5.99. The third-order valence-corrected chi connectivity index (χ3v) is 6.20. The minimum Gasteiger partial charge on any atom is -0.396 e. The maximum atomic E-state index is 6.13. The zero-order valence-corrected chi connectivity index (χ0v) is 21.5. The van der Waals surface area contributed by atoms with E-state index in [0.29, 0.717) is 17.4 Å². The van der Waals surface area contributed by atoms with Crippen molar-refractivity contribution in [2.24, 2.45) is 16.5 Å². The van der Waals surface area contributed by atoms with Gasteiger partial charge in [-0.1, -0.05) is 61.7 Å². The van der Waals surface area contributed by atoms with E-state index >= 15 is 0 Å². The summed E-state index contributed by atoms with van der Waals surface area (Å²) in [6, 6.07) is 11.4. The molecule has 2 heterocycles. The highest BCUT2D eigenvalue weighted by Gasteiger charge is 2.18. The Labute approximate surface area is 215 Å². The molecule has 36 heavy (non-hydrogen) atoms. The fraction of sp³-hybridized carbons (Fsp3) is 0.267. The van der Waals surface area contributed by atoms with Crippen LogP contribution in [0.15, 0.2) is 103 Å². The van der Waals surface area contributed by atoms with Crippen LogP contribution in [0.1, 0.15) is 25.0 Å². The first-order valence-corrected chi connectivity index (χ1v) is 12.3. The Bertz CT molecular complexity index is 1150. The Hall–Kier alpha value is -3.74. The average Bonchev–Trinajstić information content (AvgIpc) is 2.89. The van der Waals surface area contributed by atoms with Gasteiger partial charge in [0, 0.05) is 62.3 Å². The third kappa shape index (κ3) is 7.63. The molecule has 1 fully saturated rings. The van der Waals surface area contributed by atoms with Gasteiger partial charge in [-0.3, -0.25) is 14.8 Å². The molecule has 0 aliphatic carbocycles. The third-order valence-electron chi connectivity index (χ3n) is 6.20. The molecule has 1 aromatic heterocycles. The number of nitrogens with two attached hydrogens (primary N) is 2. The Kier molecular flexibility index (Phi) is 9.98. The lowest BCUT2D eigenvalue weighted by atomic mass is 10.0. The van der Waals surface area contributed by atoms with E-state index in [1.807, 2.05) is 6.20 Å². The number of hydrogen-bond donors (Lipinski definition) is 2. The lowest BCUT2D eigenvalue weighted by molar-refractivity contribution is 0.104. The van der Waals surface area contributed by atoms with Gasteiger partial charge in [0.2, 0.25) is 0 Å². The van der Waals surface area contributed by atoms with Gasteiger partial charge in [-0.2, -0.15) is 0 Å². The molecular weight excluding hydrogens is 444 g/mol. The molecule has 1 aliphatic rings. The van der Waals surface area contributed by atoms with Crippen molar-refractivity contribution in [1.82, 2.24) is 14.8 Å². The maximum Gasteiger partial charge on any atom is 0.147 e. The monoisotopic (exact) mass is 482 g/mol. The number of aliphatic imine (C=N–C) groups is 1. The van der Waals surface area contributed by atoms with Crippen molar-refractivity contribution in [2.75, 3.05) is 26.2 Å². The van der Waals surface area contributed by atoms with Crippen LogP contribution in [0.3, 0.4) is 0 Å². The van der Waals surface area contributed by atoms with Crippen molar-refractivity contribution in [3.05, 3.63) is 109 Å². The Morgan fingerprint density at radius 2 is 1.69 bits per heavy atom. The summed E-state index contributed by atoms with van der Waals surface area (Å²) >= 11 is 0. The molecule has 1 saturated heterocycles. The van der Waals surface area contributed by atoms with E-state index in [0.717, 1.165) is 49.4 Å². The summed E-state index contributed by atoms with van der Waals surface area (Å²) in [4.78, 5) is 14.0. The molecule has 188 valence electrons. The van der Waals surface area contributed by atoms with E-state index in [1.54, 1.807) is 42.7 Å². The molecule has 1 aromatic carbocycles. The highest BCUT2D eigenvalue weighted by atomic mass is 15.3. The molecule has 0 spiro atoms. The standard InChI is InChI=1S/C30H38N6/c1-5-7-8-10-28(31)30(32)34-29(9-6-2)27-19-26(20-33-21-27)25-13-11-24(12-14-25)22-35-15-17-36(18-16-35)23(3)4/h5-14,19-21,23H,1-2,15-18,22,31H2,3-4H3,(H2,32,34)/b8-7-,28-10-,29-9-. The number of aromatic nitrogens is 1. The quantitative estimate of drug-likeness (QED) is 0.290. The number of benzene rings is 1. The van der Waals surface area contributed by atoms with E-state index in [1.165, 1.54) is 5.56 Å². The van der Waals surface area contributed by atoms with Crippen LogP contribution in [-0.4, -0.2) is 52.8 Å². The van der Waals surface area contributed by atoms with Crippen molar-refractivity contribution in [2.45, 2.75) is 26.4 Å². The fourth-order valence-electron chi connectivity index (χ4n) is 4.06. The molecule has 1 aliphatic heterocycles. The molecule has 6 nitrogen and oxygen atoms in total. The molecule has 0 saturated carbocycles. The molecule has 0 amide bonds. The first kappa shape index (κ1) is 26.9. The minimum atomic E-state index is 0.223. The van der Waals surface area contributed by atoms with Gasteiger partial charge in [0.25, 0.3) is 0 Å². The fourth-order valence-corrected chi connectivity index (χ4v) is 4.06. The molecule has 3 rings (SSSR count). The number of nitrogens with zero attached hydrogens (tertiary/aromatic N) is 4. The van der Waals surface area contributed by atoms with E-state index < -0.39 is 0 Å². The minimum absolute atomic E-state index is 0.223. The number of amidine groups is 1. The van der Waals surface area contributed by atoms with E-state index in [2.05, 4.69) is 77.1 Å².